The van der Waals surface area contributed by atoms with E-state index in [2.05, 4.69) is 32.8 Å². The Balaban J connectivity index is 1.71. The van der Waals surface area contributed by atoms with Crippen LogP contribution in [-0.4, -0.2) is 14.5 Å². The van der Waals surface area contributed by atoms with Crippen LogP contribution in [0.4, 0.5) is 5.95 Å². The Morgan fingerprint density at radius 1 is 1.35 bits per heavy atom. The lowest BCUT2D eigenvalue weighted by molar-refractivity contribution is 0.741. The Hall–Kier alpha value is -1.84. The van der Waals surface area contributed by atoms with E-state index >= 15 is 0 Å². The lowest BCUT2D eigenvalue weighted by Gasteiger charge is -2.09. The van der Waals surface area contributed by atoms with E-state index in [0.717, 1.165) is 18.2 Å². The maximum absolute atomic E-state index is 4.37. The van der Waals surface area contributed by atoms with Crippen molar-refractivity contribution in [3.8, 4) is 0 Å². The van der Waals surface area contributed by atoms with Crippen LogP contribution in [0.3, 0.4) is 0 Å². The first-order valence-electron chi connectivity index (χ1n) is 6.02. The zero-order valence-electron chi connectivity index (χ0n) is 9.93. The van der Waals surface area contributed by atoms with E-state index in [1.807, 2.05) is 24.7 Å². The van der Waals surface area contributed by atoms with Crippen molar-refractivity contribution in [2.24, 2.45) is 0 Å². The third-order valence-corrected chi connectivity index (χ3v) is 3.14. The summed E-state index contributed by atoms with van der Waals surface area (Å²) in [5, 5.41) is 3.36. The monoisotopic (exact) mass is 228 g/mol. The Morgan fingerprint density at radius 2 is 2.24 bits per heavy atom. The van der Waals surface area contributed by atoms with E-state index < -0.39 is 0 Å². The molecule has 1 aliphatic carbocycles. The second-order valence-corrected chi connectivity index (χ2v) is 4.51. The highest BCUT2D eigenvalue weighted by molar-refractivity contribution is 5.30. The minimum atomic E-state index is 0.657. The molecule has 2 aromatic rings. The van der Waals surface area contributed by atoms with E-state index in [9.17, 15) is 0 Å². The summed E-state index contributed by atoms with van der Waals surface area (Å²) in [6.07, 6.45) is 8.27. The van der Waals surface area contributed by atoms with Gasteiger partial charge < -0.3 is 9.88 Å². The van der Waals surface area contributed by atoms with Gasteiger partial charge in [0.15, 0.2) is 0 Å². The first-order chi connectivity index (χ1) is 8.34. The predicted octanol–water partition coefficient (Wildman–Crippen LogP) is 2.53. The minimum absolute atomic E-state index is 0.657. The van der Waals surface area contributed by atoms with Gasteiger partial charge in [0.1, 0.15) is 0 Å². The molecule has 4 nitrogen and oxygen atoms in total. The molecule has 1 fully saturated rings. The summed E-state index contributed by atoms with van der Waals surface area (Å²) in [6, 6.07) is 4.70. The van der Waals surface area contributed by atoms with Crippen LogP contribution in [0.15, 0.2) is 30.7 Å². The van der Waals surface area contributed by atoms with E-state index in [1.54, 1.807) is 0 Å². The zero-order chi connectivity index (χ0) is 11.7. The molecular weight excluding hydrogens is 212 g/mol. The number of pyridine rings is 1. The average molecular weight is 228 g/mol. The van der Waals surface area contributed by atoms with Gasteiger partial charge >= 0.3 is 0 Å². The van der Waals surface area contributed by atoms with Crippen molar-refractivity contribution >= 4 is 5.95 Å². The number of nitrogens with zero attached hydrogens (tertiary/aromatic N) is 3. The van der Waals surface area contributed by atoms with Crippen LogP contribution in [0.25, 0.3) is 0 Å². The second kappa shape index (κ2) is 4.20. The fourth-order valence-corrected chi connectivity index (χ4v) is 1.96. The molecule has 2 aromatic heterocycles. The SMILES string of the molecule is Cc1cccnc1CNc1nccn1C1CC1. The van der Waals surface area contributed by atoms with Crippen molar-refractivity contribution in [3.05, 3.63) is 42.0 Å². The molecule has 88 valence electrons. The van der Waals surface area contributed by atoms with Gasteiger partial charge in [0.05, 0.1) is 12.2 Å². The topological polar surface area (TPSA) is 42.7 Å². The maximum Gasteiger partial charge on any atom is 0.203 e. The number of rotatable bonds is 4. The molecule has 17 heavy (non-hydrogen) atoms. The maximum atomic E-state index is 4.37. The summed E-state index contributed by atoms with van der Waals surface area (Å²) in [5.41, 5.74) is 2.29. The van der Waals surface area contributed by atoms with Gasteiger partial charge in [-0.15, -0.1) is 0 Å². The highest BCUT2D eigenvalue weighted by atomic mass is 15.2. The molecule has 1 N–H and O–H groups in total. The van der Waals surface area contributed by atoms with Crippen LogP contribution in [0.2, 0.25) is 0 Å². The quantitative estimate of drug-likeness (QED) is 0.874. The summed E-state index contributed by atoms with van der Waals surface area (Å²) >= 11 is 0. The number of anilines is 1. The van der Waals surface area contributed by atoms with Crippen molar-refractivity contribution in [1.82, 2.24) is 14.5 Å². The van der Waals surface area contributed by atoms with E-state index in [4.69, 9.17) is 0 Å². The molecule has 0 unspecified atom stereocenters. The normalized spacial score (nSPS) is 14.9. The van der Waals surface area contributed by atoms with Crippen molar-refractivity contribution in [1.29, 1.82) is 0 Å². The number of aryl methyl sites for hydroxylation is 1. The van der Waals surface area contributed by atoms with Gasteiger partial charge in [-0.2, -0.15) is 0 Å². The third kappa shape index (κ3) is 2.16. The van der Waals surface area contributed by atoms with Crippen LogP contribution in [0.5, 0.6) is 0 Å². The Morgan fingerprint density at radius 3 is 3.00 bits per heavy atom. The van der Waals surface area contributed by atoms with Gasteiger partial charge in [0.2, 0.25) is 5.95 Å². The van der Waals surface area contributed by atoms with Gasteiger partial charge in [-0.1, -0.05) is 6.07 Å². The first kappa shape index (κ1) is 10.3. The second-order valence-electron chi connectivity index (χ2n) is 4.51. The fourth-order valence-electron chi connectivity index (χ4n) is 1.96. The molecule has 0 aromatic carbocycles. The van der Waals surface area contributed by atoms with E-state index in [1.165, 1.54) is 18.4 Å². The first-order valence-corrected chi connectivity index (χ1v) is 6.02. The number of imidazole rings is 1. The fraction of sp³-hybridized carbons (Fsp3) is 0.385. The van der Waals surface area contributed by atoms with Gasteiger partial charge in [-0.25, -0.2) is 4.98 Å². The molecule has 0 aliphatic heterocycles. The van der Waals surface area contributed by atoms with Crippen molar-refractivity contribution in [2.45, 2.75) is 32.4 Å². The number of hydrogen-bond acceptors (Lipinski definition) is 3. The van der Waals surface area contributed by atoms with Crippen LogP contribution in [-0.2, 0) is 6.54 Å². The molecule has 1 saturated carbocycles. The molecule has 0 spiro atoms. The average Bonchev–Trinajstić information content (AvgIpc) is 3.08. The molecule has 0 saturated heterocycles. The number of nitrogens with one attached hydrogen (secondary N) is 1. The zero-order valence-corrected chi connectivity index (χ0v) is 9.93. The highest BCUT2D eigenvalue weighted by Gasteiger charge is 2.25. The smallest absolute Gasteiger partial charge is 0.203 e. The lowest BCUT2D eigenvalue weighted by atomic mass is 10.2. The molecule has 4 heteroatoms. The lowest BCUT2D eigenvalue weighted by Crippen LogP contribution is -2.08. The molecule has 1 aliphatic rings. The Labute approximate surface area is 101 Å². The van der Waals surface area contributed by atoms with Gasteiger partial charge in [-0.05, 0) is 31.4 Å². The molecule has 3 rings (SSSR count). The van der Waals surface area contributed by atoms with Crippen molar-refractivity contribution in [3.63, 3.8) is 0 Å². The van der Waals surface area contributed by atoms with Gasteiger partial charge in [0, 0.05) is 24.6 Å². The predicted molar refractivity (Wildman–Crippen MR) is 66.8 cm³/mol. The summed E-state index contributed by atoms with van der Waals surface area (Å²) in [6.45, 7) is 2.81. The number of hydrogen-bond donors (Lipinski definition) is 1. The van der Waals surface area contributed by atoms with Crippen LogP contribution in [0.1, 0.15) is 30.1 Å². The number of aromatic nitrogens is 3. The highest BCUT2D eigenvalue weighted by Crippen LogP contribution is 2.36. The summed E-state index contributed by atoms with van der Waals surface area (Å²) in [7, 11) is 0. The van der Waals surface area contributed by atoms with Gasteiger partial charge in [0.25, 0.3) is 0 Å². The molecule has 0 bridgehead atoms. The van der Waals surface area contributed by atoms with Crippen LogP contribution >= 0.6 is 0 Å². The molecular formula is C13H16N4. The third-order valence-electron chi connectivity index (χ3n) is 3.14. The van der Waals surface area contributed by atoms with Crippen LogP contribution < -0.4 is 5.32 Å². The summed E-state index contributed by atoms with van der Waals surface area (Å²) in [4.78, 5) is 8.71. The van der Waals surface area contributed by atoms with Gasteiger partial charge in [-0.3, -0.25) is 4.98 Å². The standard InChI is InChI=1S/C13H16N4/c1-10-3-2-6-14-12(10)9-16-13-15-7-8-17(13)11-4-5-11/h2-3,6-8,11H,4-5,9H2,1H3,(H,15,16). The Kier molecular flexibility index (Phi) is 2.55. The largest absolute Gasteiger partial charge is 0.350 e. The molecule has 0 amide bonds. The van der Waals surface area contributed by atoms with E-state index in [0.29, 0.717) is 6.04 Å². The molecule has 2 heterocycles. The summed E-state index contributed by atoms with van der Waals surface area (Å²) < 4.78 is 2.22. The molecule has 0 atom stereocenters. The Bertz CT molecular complexity index is 514. The summed E-state index contributed by atoms with van der Waals surface area (Å²) in [5.74, 6) is 0.956. The van der Waals surface area contributed by atoms with E-state index in [-0.39, 0.29) is 0 Å². The molecule has 0 radical (unpaired) electrons. The van der Waals surface area contributed by atoms with Crippen LogP contribution in [0, 0.1) is 6.92 Å². The minimum Gasteiger partial charge on any atom is -0.350 e. The van der Waals surface area contributed by atoms with Crippen molar-refractivity contribution < 1.29 is 0 Å². The van der Waals surface area contributed by atoms with Crippen molar-refractivity contribution in [2.75, 3.05) is 5.32 Å².